The first-order valence-corrected chi connectivity index (χ1v) is 10.6. The van der Waals surface area contributed by atoms with E-state index in [4.69, 9.17) is 0 Å². The van der Waals surface area contributed by atoms with Crippen molar-refractivity contribution in [3.8, 4) is 5.69 Å². The highest BCUT2D eigenvalue weighted by atomic mass is 16.2. The standard InChI is InChI=1S/C27H25N3O/c1-19-9-13-21(14-10-19)26-25-8-5-17-29(25)24-7-4-3-6-22(24)18-30(26)27(31)28-23-15-11-20(2)12-16-23/h3-17,26H,18H2,1-2H3,(H,28,31)/t26-/m0/s1. The zero-order valence-corrected chi connectivity index (χ0v) is 17.7. The Morgan fingerprint density at radius 2 is 1.52 bits per heavy atom. The molecule has 1 N–H and O–H groups in total. The molecular weight excluding hydrogens is 382 g/mol. The molecule has 0 spiro atoms. The van der Waals surface area contributed by atoms with Gasteiger partial charge in [0.05, 0.1) is 18.3 Å². The highest BCUT2D eigenvalue weighted by Crippen LogP contribution is 2.37. The van der Waals surface area contributed by atoms with Crippen molar-refractivity contribution in [2.24, 2.45) is 0 Å². The summed E-state index contributed by atoms with van der Waals surface area (Å²) in [5.41, 5.74) is 7.57. The smallest absolute Gasteiger partial charge is 0.318 e. The number of aromatic nitrogens is 1. The largest absolute Gasteiger partial charge is 0.322 e. The number of urea groups is 1. The number of amides is 2. The molecule has 0 bridgehead atoms. The molecule has 4 aromatic rings. The summed E-state index contributed by atoms with van der Waals surface area (Å²) < 4.78 is 2.21. The van der Waals surface area contributed by atoms with E-state index in [2.05, 4.69) is 71.5 Å². The second-order valence-corrected chi connectivity index (χ2v) is 8.17. The first kappa shape index (κ1) is 19.2. The molecule has 2 amide bonds. The zero-order chi connectivity index (χ0) is 21.4. The van der Waals surface area contributed by atoms with E-state index in [0.29, 0.717) is 6.54 Å². The minimum Gasteiger partial charge on any atom is -0.318 e. The molecule has 0 saturated heterocycles. The van der Waals surface area contributed by atoms with Crippen molar-refractivity contribution in [3.63, 3.8) is 0 Å². The molecule has 4 nitrogen and oxygen atoms in total. The molecule has 2 heterocycles. The third kappa shape index (κ3) is 3.61. The zero-order valence-electron chi connectivity index (χ0n) is 17.7. The number of fused-ring (bicyclic) bond motifs is 3. The van der Waals surface area contributed by atoms with E-state index in [0.717, 1.165) is 33.8 Å². The fraction of sp³-hybridized carbons (Fsp3) is 0.148. The van der Waals surface area contributed by atoms with Gasteiger partial charge in [0.25, 0.3) is 0 Å². The van der Waals surface area contributed by atoms with Crippen LogP contribution in [0.4, 0.5) is 10.5 Å². The van der Waals surface area contributed by atoms with Gasteiger partial charge in [-0.1, -0.05) is 65.7 Å². The van der Waals surface area contributed by atoms with Crippen LogP contribution in [0.1, 0.15) is 34.0 Å². The molecule has 0 fully saturated rings. The monoisotopic (exact) mass is 407 g/mol. The summed E-state index contributed by atoms with van der Waals surface area (Å²) in [4.78, 5) is 15.5. The van der Waals surface area contributed by atoms with Gasteiger partial charge in [0, 0.05) is 17.6 Å². The fourth-order valence-corrected chi connectivity index (χ4v) is 4.27. The normalized spacial score (nSPS) is 15.0. The van der Waals surface area contributed by atoms with Crippen molar-refractivity contribution in [1.82, 2.24) is 9.47 Å². The topological polar surface area (TPSA) is 37.3 Å². The van der Waals surface area contributed by atoms with Crippen LogP contribution in [0.2, 0.25) is 0 Å². The molecule has 0 aliphatic carbocycles. The average Bonchev–Trinajstić information content (AvgIpc) is 3.20. The predicted octanol–water partition coefficient (Wildman–Crippen LogP) is 6.23. The summed E-state index contributed by atoms with van der Waals surface area (Å²) >= 11 is 0. The lowest BCUT2D eigenvalue weighted by Gasteiger charge is -2.31. The summed E-state index contributed by atoms with van der Waals surface area (Å²) in [6, 6.07) is 28.5. The second kappa shape index (κ2) is 7.80. The number of carbonyl (C=O) groups is 1. The summed E-state index contributed by atoms with van der Waals surface area (Å²) in [6.07, 6.45) is 2.08. The van der Waals surface area contributed by atoms with Crippen molar-refractivity contribution < 1.29 is 4.79 Å². The molecule has 1 aromatic heterocycles. The number of nitrogens with zero attached hydrogens (tertiary/aromatic N) is 2. The van der Waals surface area contributed by atoms with E-state index in [9.17, 15) is 4.79 Å². The van der Waals surface area contributed by atoms with Crippen molar-refractivity contribution in [1.29, 1.82) is 0 Å². The highest BCUT2D eigenvalue weighted by molar-refractivity contribution is 5.90. The molecule has 154 valence electrons. The quantitative estimate of drug-likeness (QED) is 0.420. The average molecular weight is 408 g/mol. The van der Waals surface area contributed by atoms with Crippen LogP contribution in [0.15, 0.2) is 91.1 Å². The number of hydrogen-bond donors (Lipinski definition) is 1. The number of nitrogens with one attached hydrogen (secondary N) is 1. The van der Waals surface area contributed by atoms with Crippen LogP contribution in [0.25, 0.3) is 5.69 Å². The summed E-state index contributed by atoms with van der Waals surface area (Å²) in [7, 11) is 0. The lowest BCUT2D eigenvalue weighted by atomic mass is 10.0. The maximum Gasteiger partial charge on any atom is 0.322 e. The molecule has 3 aromatic carbocycles. The lowest BCUT2D eigenvalue weighted by Crippen LogP contribution is -2.37. The van der Waals surface area contributed by atoms with E-state index in [1.165, 1.54) is 5.56 Å². The van der Waals surface area contributed by atoms with Crippen LogP contribution in [-0.4, -0.2) is 15.5 Å². The summed E-state index contributed by atoms with van der Waals surface area (Å²) in [5, 5.41) is 3.11. The molecule has 31 heavy (non-hydrogen) atoms. The third-order valence-corrected chi connectivity index (χ3v) is 5.92. The third-order valence-electron chi connectivity index (χ3n) is 5.92. The van der Waals surface area contributed by atoms with E-state index < -0.39 is 0 Å². The van der Waals surface area contributed by atoms with Gasteiger partial charge in [-0.25, -0.2) is 4.79 Å². The maximum atomic E-state index is 13.6. The van der Waals surface area contributed by atoms with Crippen molar-refractivity contribution in [2.45, 2.75) is 26.4 Å². The van der Waals surface area contributed by atoms with Crippen LogP contribution in [0.5, 0.6) is 0 Å². The number of aryl methyl sites for hydroxylation is 2. The lowest BCUT2D eigenvalue weighted by molar-refractivity contribution is 0.194. The van der Waals surface area contributed by atoms with Crippen LogP contribution in [0, 0.1) is 13.8 Å². The first-order chi connectivity index (χ1) is 15.1. The Balaban J connectivity index is 1.62. The van der Waals surface area contributed by atoms with Gasteiger partial charge in [0.2, 0.25) is 0 Å². The molecule has 1 atom stereocenters. The molecular formula is C27H25N3O. The van der Waals surface area contributed by atoms with Crippen LogP contribution < -0.4 is 5.32 Å². The summed E-state index contributed by atoms with van der Waals surface area (Å²) in [5.74, 6) is 0. The number of para-hydroxylation sites is 1. The maximum absolute atomic E-state index is 13.6. The van der Waals surface area contributed by atoms with E-state index >= 15 is 0 Å². The summed E-state index contributed by atoms with van der Waals surface area (Å²) in [6.45, 7) is 4.64. The van der Waals surface area contributed by atoms with Crippen LogP contribution >= 0.6 is 0 Å². The van der Waals surface area contributed by atoms with E-state index in [-0.39, 0.29) is 12.1 Å². The van der Waals surface area contributed by atoms with E-state index in [1.807, 2.05) is 48.2 Å². The number of benzene rings is 3. The minimum atomic E-state index is -0.201. The van der Waals surface area contributed by atoms with Gasteiger partial charge < -0.3 is 14.8 Å². The molecule has 0 unspecified atom stereocenters. The Kier molecular flexibility index (Phi) is 4.83. The van der Waals surface area contributed by atoms with Gasteiger partial charge in [0.15, 0.2) is 0 Å². The SMILES string of the molecule is Cc1ccc(NC(=O)N2Cc3ccccc3-n3cccc3[C@@H]2c2ccc(C)cc2)cc1. The van der Waals surface area contributed by atoms with Gasteiger partial charge >= 0.3 is 6.03 Å². The molecule has 5 rings (SSSR count). The number of anilines is 1. The van der Waals surface area contributed by atoms with E-state index in [1.54, 1.807) is 0 Å². The first-order valence-electron chi connectivity index (χ1n) is 10.6. The Hall–Kier alpha value is -3.79. The van der Waals surface area contributed by atoms with Crippen LogP contribution in [0.3, 0.4) is 0 Å². The molecule has 1 aliphatic heterocycles. The number of hydrogen-bond acceptors (Lipinski definition) is 1. The fourth-order valence-electron chi connectivity index (χ4n) is 4.27. The molecule has 0 saturated carbocycles. The van der Waals surface area contributed by atoms with Crippen molar-refractivity contribution >= 4 is 11.7 Å². The Bertz CT molecular complexity index is 1220. The van der Waals surface area contributed by atoms with Gasteiger partial charge in [-0.2, -0.15) is 0 Å². The molecule has 1 aliphatic rings. The number of carbonyl (C=O) groups excluding carboxylic acids is 1. The van der Waals surface area contributed by atoms with Gasteiger partial charge in [-0.15, -0.1) is 0 Å². The highest BCUT2D eigenvalue weighted by Gasteiger charge is 2.32. The predicted molar refractivity (Wildman–Crippen MR) is 125 cm³/mol. The molecule has 0 radical (unpaired) electrons. The van der Waals surface area contributed by atoms with Crippen molar-refractivity contribution in [3.05, 3.63) is 119 Å². The second-order valence-electron chi connectivity index (χ2n) is 8.17. The van der Waals surface area contributed by atoms with Crippen molar-refractivity contribution in [2.75, 3.05) is 5.32 Å². The van der Waals surface area contributed by atoms with Gasteiger partial charge in [0.1, 0.15) is 0 Å². The van der Waals surface area contributed by atoms with Gasteiger partial charge in [-0.05, 0) is 55.3 Å². The Labute approximate surface area is 182 Å². The van der Waals surface area contributed by atoms with Gasteiger partial charge in [-0.3, -0.25) is 0 Å². The molecule has 4 heteroatoms. The Morgan fingerprint density at radius 1 is 0.839 bits per heavy atom. The minimum absolute atomic E-state index is 0.112. The number of rotatable bonds is 2. The Morgan fingerprint density at radius 3 is 2.26 bits per heavy atom. The van der Waals surface area contributed by atoms with Crippen LogP contribution in [-0.2, 0) is 6.54 Å².